The number of carbonyl (C=O) groups is 1. The number of ether oxygens (including phenoxy) is 4. The molecule has 0 fully saturated rings. The first-order valence-electron chi connectivity index (χ1n) is 8.25. The lowest BCUT2D eigenvalue weighted by molar-refractivity contribution is 0.0954. The molecule has 1 aliphatic rings. The van der Waals surface area contributed by atoms with Gasteiger partial charge in [0.1, 0.15) is 0 Å². The normalized spacial score (nSPS) is 12.2. The highest BCUT2D eigenvalue weighted by atomic mass is 16.7. The maximum Gasteiger partial charge on any atom is 0.271 e. The summed E-state index contributed by atoms with van der Waals surface area (Å²) >= 11 is 0. The average Bonchev–Trinajstić information content (AvgIpc) is 3.14. The number of methoxy groups -OCH3 is 1. The van der Waals surface area contributed by atoms with Crippen LogP contribution in [0.4, 0.5) is 0 Å². The molecular formula is C19H20N2O5. The second-order valence-electron chi connectivity index (χ2n) is 5.53. The van der Waals surface area contributed by atoms with E-state index in [2.05, 4.69) is 10.5 Å². The third-order valence-corrected chi connectivity index (χ3v) is 3.66. The number of hydrogen-bond donors (Lipinski definition) is 1. The van der Waals surface area contributed by atoms with Crippen molar-refractivity contribution in [2.24, 2.45) is 5.10 Å². The molecule has 2 aromatic rings. The number of nitrogens with one attached hydrogen (secondary N) is 1. The van der Waals surface area contributed by atoms with Crippen molar-refractivity contribution in [2.75, 3.05) is 20.5 Å². The molecule has 0 atom stereocenters. The van der Waals surface area contributed by atoms with Crippen LogP contribution < -0.4 is 24.4 Å². The first-order valence-corrected chi connectivity index (χ1v) is 8.25. The van der Waals surface area contributed by atoms with E-state index in [0.29, 0.717) is 35.2 Å². The topological polar surface area (TPSA) is 78.4 Å². The Labute approximate surface area is 151 Å². The van der Waals surface area contributed by atoms with Gasteiger partial charge in [0.15, 0.2) is 23.0 Å². The minimum Gasteiger partial charge on any atom is -0.493 e. The summed E-state index contributed by atoms with van der Waals surface area (Å²) in [5.41, 5.74) is 3.71. The molecule has 2 aromatic carbocycles. The Morgan fingerprint density at radius 1 is 1.19 bits per heavy atom. The Morgan fingerprint density at radius 3 is 2.85 bits per heavy atom. The number of nitrogens with zero attached hydrogens (tertiary/aromatic N) is 1. The molecule has 0 aromatic heterocycles. The molecule has 136 valence electrons. The van der Waals surface area contributed by atoms with E-state index in [1.165, 1.54) is 0 Å². The zero-order valence-corrected chi connectivity index (χ0v) is 14.7. The number of rotatable bonds is 7. The lowest BCUT2D eigenvalue weighted by Crippen LogP contribution is -2.17. The van der Waals surface area contributed by atoms with E-state index in [9.17, 15) is 4.79 Å². The molecule has 7 nitrogen and oxygen atoms in total. The molecular weight excluding hydrogens is 336 g/mol. The molecule has 3 rings (SSSR count). The van der Waals surface area contributed by atoms with E-state index in [1.807, 2.05) is 19.1 Å². The lowest BCUT2D eigenvalue weighted by atomic mass is 10.2. The van der Waals surface area contributed by atoms with E-state index < -0.39 is 0 Å². The van der Waals surface area contributed by atoms with E-state index in [-0.39, 0.29) is 12.7 Å². The molecule has 0 saturated carbocycles. The molecule has 0 bridgehead atoms. The minimum atomic E-state index is -0.337. The summed E-state index contributed by atoms with van der Waals surface area (Å²) < 4.78 is 21.4. The van der Waals surface area contributed by atoms with Gasteiger partial charge in [-0.3, -0.25) is 4.79 Å². The third kappa shape index (κ3) is 4.05. The van der Waals surface area contributed by atoms with Gasteiger partial charge in [-0.25, -0.2) is 5.43 Å². The van der Waals surface area contributed by atoms with Gasteiger partial charge in [0.2, 0.25) is 6.79 Å². The van der Waals surface area contributed by atoms with Crippen LogP contribution in [0, 0.1) is 0 Å². The van der Waals surface area contributed by atoms with E-state index >= 15 is 0 Å². The van der Waals surface area contributed by atoms with Gasteiger partial charge in [-0.2, -0.15) is 5.10 Å². The number of hydrogen-bond acceptors (Lipinski definition) is 6. The maximum absolute atomic E-state index is 12.2. The lowest BCUT2D eigenvalue weighted by Gasteiger charge is -2.10. The van der Waals surface area contributed by atoms with Crippen LogP contribution in [-0.2, 0) is 0 Å². The van der Waals surface area contributed by atoms with Gasteiger partial charge >= 0.3 is 0 Å². The van der Waals surface area contributed by atoms with Gasteiger partial charge < -0.3 is 18.9 Å². The Bertz CT molecular complexity index is 820. The second kappa shape index (κ2) is 8.24. The first-order chi connectivity index (χ1) is 12.7. The van der Waals surface area contributed by atoms with Crippen molar-refractivity contribution in [3.8, 4) is 23.0 Å². The highest BCUT2D eigenvalue weighted by Crippen LogP contribution is 2.32. The summed E-state index contributed by atoms with van der Waals surface area (Å²) in [7, 11) is 1.59. The van der Waals surface area contributed by atoms with Crippen molar-refractivity contribution >= 4 is 12.1 Å². The molecule has 0 saturated heterocycles. The van der Waals surface area contributed by atoms with Gasteiger partial charge in [0.25, 0.3) is 5.91 Å². The van der Waals surface area contributed by atoms with Crippen LogP contribution in [0.25, 0.3) is 0 Å². The summed E-state index contributed by atoms with van der Waals surface area (Å²) in [5, 5.41) is 4.00. The largest absolute Gasteiger partial charge is 0.493 e. The summed E-state index contributed by atoms with van der Waals surface area (Å²) in [4.78, 5) is 12.2. The molecule has 0 radical (unpaired) electrons. The number of benzene rings is 2. The Hall–Kier alpha value is -3.22. The van der Waals surface area contributed by atoms with Gasteiger partial charge in [-0.15, -0.1) is 0 Å². The fraction of sp³-hybridized carbons (Fsp3) is 0.263. The zero-order valence-electron chi connectivity index (χ0n) is 14.7. The first kappa shape index (κ1) is 17.6. The van der Waals surface area contributed by atoms with Crippen LogP contribution in [0.15, 0.2) is 41.5 Å². The Morgan fingerprint density at radius 2 is 2.04 bits per heavy atom. The van der Waals surface area contributed by atoms with Crippen LogP contribution in [0.2, 0.25) is 0 Å². The van der Waals surface area contributed by atoms with Crippen LogP contribution in [-0.4, -0.2) is 32.6 Å². The van der Waals surface area contributed by atoms with Crippen molar-refractivity contribution in [2.45, 2.75) is 13.3 Å². The Balaban J connectivity index is 1.65. The predicted octanol–water partition coefficient (Wildman–Crippen LogP) is 2.98. The van der Waals surface area contributed by atoms with E-state index in [1.54, 1.807) is 37.6 Å². The monoisotopic (exact) mass is 356 g/mol. The summed E-state index contributed by atoms with van der Waals surface area (Å²) in [6.45, 7) is 2.79. The SMILES string of the molecule is CCCOc1cc(/C=N\NC(=O)c2ccc3c(c2)OCO3)ccc1OC. The van der Waals surface area contributed by atoms with Gasteiger partial charge in [0, 0.05) is 5.56 Å². The van der Waals surface area contributed by atoms with Gasteiger partial charge in [-0.05, 0) is 48.4 Å². The van der Waals surface area contributed by atoms with Crippen molar-refractivity contribution in [3.05, 3.63) is 47.5 Å². The minimum absolute atomic E-state index is 0.165. The molecule has 1 aliphatic heterocycles. The summed E-state index contributed by atoms with van der Waals surface area (Å²) in [6.07, 6.45) is 2.44. The number of amides is 1. The summed E-state index contributed by atoms with van der Waals surface area (Å²) in [6, 6.07) is 10.4. The zero-order chi connectivity index (χ0) is 18.4. The number of fused-ring (bicyclic) bond motifs is 1. The fourth-order valence-corrected chi connectivity index (χ4v) is 2.37. The molecule has 0 aliphatic carbocycles. The predicted molar refractivity (Wildman–Crippen MR) is 96.4 cm³/mol. The molecule has 1 heterocycles. The molecule has 0 spiro atoms. The quantitative estimate of drug-likeness (QED) is 0.609. The van der Waals surface area contributed by atoms with Gasteiger partial charge in [0.05, 0.1) is 19.9 Å². The molecule has 7 heteroatoms. The van der Waals surface area contributed by atoms with Crippen molar-refractivity contribution < 1.29 is 23.7 Å². The Kier molecular flexibility index (Phi) is 5.58. The fourth-order valence-electron chi connectivity index (χ4n) is 2.37. The number of hydrazone groups is 1. The van der Waals surface area contributed by atoms with Crippen molar-refractivity contribution in [1.29, 1.82) is 0 Å². The molecule has 26 heavy (non-hydrogen) atoms. The van der Waals surface area contributed by atoms with E-state index in [4.69, 9.17) is 18.9 Å². The molecule has 1 amide bonds. The van der Waals surface area contributed by atoms with Gasteiger partial charge in [-0.1, -0.05) is 6.92 Å². The number of carbonyl (C=O) groups excluding carboxylic acids is 1. The smallest absolute Gasteiger partial charge is 0.271 e. The van der Waals surface area contributed by atoms with Crippen LogP contribution in [0.5, 0.6) is 23.0 Å². The average molecular weight is 356 g/mol. The molecule has 0 unspecified atom stereocenters. The molecule has 1 N–H and O–H groups in total. The third-order valence-electron chi connectivity index (χ3n) is 3.66. The van der Waals surface area contributed by atoms with Crippen LogP contribution in [0.3, 0.4) is 0 Å². The van der Waals surface area contributed by atoms with Crippen molar-refractivity contribution in [1.82, 2.24) is 5.43 Å². The maximum atomic E-state index is 12.2. The van der Waals surface area contributed by atoms with Crippen molar-refractivity contribution in [3.63, 3.8) is 0 Å². The second-order valence-corrected chi connectivity index (χ2v) is 5.53. The van der Waals surface area contributed by atoms with E-state index in [0.717, 1.165) is 12.0 Å². The highest BCUT2D eigenvalue weighted by Gasteiger charge is 2.15. The van der Waals surface area contributed by atoms with Crippen LogP contribution >= 0.6 is 0 Å². The highest BCUT2D eigenvalue weighted by molar-refractivity contribution is 5.95. The summed E-state index contributed by atoms with van der Waals surface area (Å²) in [5.74, 6) is 2.13. The van der Waals surface area contributed by atoms with Crippen LogP contribution in [0.1, 0.15) is 29.3 Å². The standard InChI is InChI=1S/C19H20N2O5/c1-3-8-24-17-9-13(4-6-15(17)23-2)11-20-21-19(22)14-5-7-16-18(10-14)26-12-25-16/h4-7,9-11H,3,8,12H2,1-2H3,(H,21,22)/b20-11-.